The van der Waals surface area contributed by atoms with Gasteiger partial charge in [0.15, 0.2) is 0 Å². The van der Waals surface area contributed by atoms with Crippen LogP contribution >= 0.6 is 0 Å². The highest BCUT2D eigenvalue weighted by Crippen LogP contribution is 2.17. The molecule has 0 fully saturated rings. The molecule has 6 heteroatoms. The smallest absolute Gasteiger partial charge is 0.145 e. The van der Waals surface area contributed by atoms with Gasteiger partial charge in [-0.15, -0.1) is 0 Å². The topological polar surface area (TPSA) is 90.9 Å². The molecule has 0 atom stereocenters. The summed E-state index contributed by atoms with van der Waals surface area (Å²) in [5, 5.41) is 8.66. The predicted molar refractivity (Wildman–Crippen MR) is 67.3 cm³/mol. The van der Waals surface area contributed by atoms with Crippen molar-refractivity contribution in [3.63, 3.8) is 0 Å². The number of nitrogens with one attached hydrogen (secondary N) is 1. The lowest BCUT2D eigenvalue weighted by Crippen LogP contribution is -2.32. The molecule has 0 aromatic carbocycles. The average Bonchev–Trinajstić information content (AvgIpc) is 2.28. The standard InChI is InChI=1S/C11H18N6/c1-8(2)17(6-4-5-12)11-7-10(16-13)14-9(3)15-11/h7-8H,4,6,13H2,1-3H3,(H,14,15,16). The number of anilines is 2. The van der Waals surface area contributed by atoms with Crippen molar-refractivity contribution < 1.29 is 0 Å². The third kappa shape index (κ3) is 3.57. The van der Waals surface area contributed by atoms with E-state index < -0.39 is 0 Å². The highest BCUT2D eigenvalue weighted by Gasteiger charge is 2.13. The molecule has 0 saturated heterocycles. The van der Waals surface area contributed by atoms with Gasteiger partial charge >= 0.3 is 0 Å². The van der Waals surface area contributed by atoms with Crippen LogP contribution in [0.4, 0.5) is 11.6 Å². The number of hydrazine groups is 1. The summed E-state index contributed by atoms with van der Waals surface area (Å²) < 4.78 is 0. The fraction of sp³-hybridized carbons (Fsp3) is 0.545. The first-order valence-corrected chi connectivity index (χ1v) is 5.54. The summed E-state index contributed by atoms with van der Waals surface area (Å²) >= 11 is 0. The van der Waals surface area contributed by atoms with Crippen molar-refractivity contribution in [2.24, 2.45) is 5.84 Å². The Labute approximate surface area is 101 Å². The lowest BCUT2D eigenvalue weighted by Gasteiger charge is -2.27. The zero-order chi connectivity index (χ0) is 12.8. The summed E-state index contributed by atoms with van der Waals surface area (Å²) in [7, 11) is 0. The first-order valence-electron chi connectivity index (χ1n) is 5.54. The summed E-state index contributed by atoms with van der Waals surface area (Å²) in [6, 6.07) is 4.19. The summed E-state index contributed by atoms with van der Waals surface area (Å²) in [5.74, 6) is 7.37. The van der Waals surface area contributed by atoms with Gasteiger partial charge in [-0.3, -0.25) is 0 Å². The number of hydrogen-bond acceptors (Lipinski definition) is 6. The molecule has 92 valence electrons. The SMILES string of the molecule is Cc1nc(NN)cc(N(CCC#N)C(C)C)n1. The van der Waals surface area contributed by atoms with Crippen molar-refractivity contribution in [3.8, 4) is 6.07 Å². The van der Waals surface area contributed by atoms with Crippen molar-refractivity contribution in [2.45, 2.75) is 33.2 Å². The van der Waals surface area contributed by atoms with Gasteiger partial charge in [0.25, 0.3) is 0 Å². The van der Waals surface area contributed by atoms with E-state index in [4.69, 9.17) is 11.1 Å². The van der Waals surface area contributed by atoms with E-state index >= 15 is 0 Å². The second-order valence-electron chi connectivity index (χ2n) is 4.00. The number of nitrogens with zero attached hydrogens (tertiary/aromatic N) is 4. The molecule has 0 radical (unpaired) electrons. The summed E-state index contributed by atoms with van der Waals surface area (Å²) in [6.45, 7) is 6.58. The van der Waals surface area contributed by atoms with Gasteiger partial charge in [0.1, 0.15) is 17.5 Å². The third-order valence-corrected chi connectivity index (χ3v) is 2.35. The van der Waals surface area contributed by atoms with Crippen molar-refractivity contribution in [3.05, 3.63) is 11.9 Å². The van der Waals surface area contributed by atoms with Gasteiger partial charge in [0.05, 0.1) is 12.5 Å². The number of hydrogen-bond donors (Lipinski definition) is 2. The minimum absolute atomic E-state index is 0.267. The zero-order valence-electron chi connectivity index (χ0n) is 10.4. The van der Waals surface area contributed by atoms with Crippen molar-refractivity contribution in [1.82, 2.24) is 9.97 Å². The largest absolute Gasteiger partial charge is 0.353 e. The van der Waals surface area contributed by atoms with Crippen LogP contribution in [0.1, 0.15) is 26.1 Å². The molecule has 0 aliphatic heterocycles. The third-order valence-electron chi connectivity index (χ3n) is 2.35. The van der Waals surface area contributed by atoms with E-state index in [1.807, 2.05) is 6.92 Å². The van der Waals surface area contributed by atoms with Crippen LogP contribution in [0, 0.1) is 18.3 Å². The Balaban J connectivity index is 3.01. The molecular weight excluding hydrogens is 216 g/mol. The highest BCUT2D eigenvalue weighted by molar-refractivity contribution is 5.49. The Morgan fingerprint density at radius 1 is 1.53 bits per heavy atom. The van der Waals surface area contributed by atoms with Gasteiger partial charge in [0.2, 0.25) is 0 Å². The van der Waals surface area contributed by atoms with E-state index in [1.54, 1.807) is 6.07 Å². The number of nitrogens with two attached hydrogens (primary N) is 1. The van der Waals surface area contributed by atoms with Crippen molar-refractivity contribution in [2.75, 3.05) is 16.9 Å². The number of aryl methyl sites for hydroxylation is 1. The minimum Gasteiger partial charge on any atom is -0.353 e. The molecule has 1 rings (SSSR count). The first-order chi connectivity index (χ1) is 8.08. The Bertz CT molecular complexity index is 409. The van der Waals surface area contributed by atoms with E-state index in [0.717, 1.165) is 5.82 Å². The summed E-state index contributed by atoms with van der Waals surface area (Å²) in [5.41, 5.74) is 2.52. The predicted octanol–water partition coefficient (Wildman–Crippen LogP) is 1.20. The average molecular weight is 234 g/mol. The molecule has 1 aromatic heterocycles. The summed E-state index contributed by atoms with van der Waals surface area (Å²) in [6.07, 6.45) is 0.465. The molecule has 0 spiro atoms. The van der Waals surface area contributed by atoms with Gasteiger partial charge in [-0.1, -0.05) is 0 Å². The van der Waals surface area contributed by atoms with Gasteiger partial charge < -0.3 is 10.3 Å². The molecule has 1 heterocycles. The molecular formula is C11H18N6. The first kappa shape index (κ1) is 13.2. The maximum absolute atomic E-state index is 8.66. The molecule has 1 aromatic rings. The van der Waals surface area contributed by atoms with Crippen LogP contribution < -0.4 is 16.2 Å². The van der Waals surface area contributed by atoms with Gasteiger partial charge in [-0.25, -0.2) is 15.8 Å². The van der Waals surface area contributed by atoms with Gasteiger partial charge in [-0.05, 0) is 20.8 Å². The molecule has 0 aliphatic rings. The number of nitrogen functional groups attached to an aromatic ring is 1. The maximum Gasteiger partial charge on any atom is 0.145 e. The second-order valence-corrected chi connectivity index (χ2v) is 4.00. The van der Waals surface area contributed by atoms with Crippen molar-refractivity contribution in [1.29, 1.82) is 5.26 Å². The Hall–Kier alpha value is -1.87. The number of aromatic nitrogens is 2. The molecule has 17 heavy (non-hydrogen) atoms. The molecule has 3 N–H and O–H groups in total. The maximum atomic E-state index is 8.66. The molecule has 0 saturated carbocycles. The van der Waals surface area contributed by atoms with Crippen LogP contribution in [0.15, 0.2) is 6.07 Å². The van der Waals surface area contributed by atoms with E-state index in [-0.39, 0.29) is 6.04 Å². The van der Waals surface area contributed by atoms with Crippen LogP contribution in [0.5, 0.6) is 0 Å². The Morgan fingerprint density at radius 3 is 2.76 bits per heavy atom. The van der Waals surface area contributed by atoms with E-state index in [9.17, 15) is 0 Å². The number of rotatable bonds is 5. The molecule has 0 aliphatic carbocycles. The van der Waals surface area contributed by atoms with Gasteiger partial charge in [0, 0.05) is 18.7 Å². The Morgan fingerprint density at radius 2 is 2.24 bits per heavy atom. The monoisotopic (exact) mass is 234 g/mol. The fourth-order valence-electron chi connectivity index (χ4n) is 1.58. The van der Waals surface area contributed by atoms with E-state index in [0.29, 0.717) is 24.6 Å². The lowest BCUT2D eigenvalue weighted by molar-refractivity contribution is 0.674. The van der Waals surface area contributed by atoms with Crippen LogP contribution in [0.3, 0.4) is 0 Å². The normalized spacial score (nSPS) is 10.1. The van der Waals surface area contributed by atoms with Crippen LogP contribution in [0.2, 0.25) is 0 Å². The molecule has 0 amide bonds. The van der Waals surface area contributed by atoms with Crippen LogP contribution in [-0.4, -0.2) is 22.6 Å². The van der Waals surface area contributed by atoms with E-state index in [1.165, 1.54) is 0 Å². The highest BCUT2D eigenvalue weighted by atomic mass is 15.3. The summed E-state index contributed by atoms with van der Waals surface area (Å²) in [4.78, 5) is 10.6. The van der Waals surface area contributed by atoms with Crippen molar-refractivity contribution >= 4 is 11.6 Å². The molecule has 6 nitrogen and oxygen atoms in total. The quantitative estimate of drug-likeness (QED) is 0.587. The minimum atomic E-state index is 0.267. The zero-order valence-corrected chi connectivity index (χ0v) is 10.4. The van der Waals surface area contributed by atoms with Gasteiger partial charge in [-0.2, -0.15) is 5.26 Å². The van der Waals surface area contributed by atoms with E-state index in [2.05, 4.69) is 40.2 Å². The van der Waals surface area contributed by atoms with Crippen LogP contribution in [0.25, 0.3) is 0 Å². The number of nitriles is 1. The fourth-order valence-corrected chi connectivity index (χ4v) is 1.58. The lowest BCUT2D eigenvalue weighted by atomic mass is 10.3. The van der Waals surface area contributed by atoms with Crippen LogP contribution in [-0.2, 0) is 0 Å². The molecule has 0 bridgehead atoms. The molecule has 0 unspecified atom stereocenters. The second kappa shape index (κ2) is 6.01. The Kier molecular flexibility index (Phi) is 4.67.